The molecule has 1 aromatic carbocycles. The third-order valence-electron chi connectivity index (χ3n) is 4.95. The fraction of sp³-hybridized carbons (Fsp3) is 0.412. The van der Waals surface area contributed by atoms with Gasteiger partial charge in [0.2, 0.25) is 5.91 Å². The second kappa shape index (κ2) is 5.66. The predicted molar refractivity (Wildman–Crippen MR) is 90.8 cm³/mol. The zero-order valence-electron chi connectivity index (χ0n) is 13.7. The van der Waals surface area contributed by atoms with Crippen LogP contribution in [0.1, 0.15) is 41.6 Å². The summed E-state index contributed by atoms with van der Waals surface area (Å²) < 4.78 is 38.5. The van der Waals surface area contributed by atoms with Gasteiger partial charge in [0, 0.05) is 17.9 Å². The minimum Gasteiger partial charge on any atom is -0.311 e. The molecule has 1 saturated heterocycles. The molecule has 2 unspecified atom stereocenters. The second-order valence-corrected chi connectivity index (χ2v) is 8.93. The molecule has 0 spiro atoms. The van der Waals surface area contributed by atoms with E-state index in [1.54, 1.807) is 16.8 Å². The number of rotatable bonds is 2. The Morgan fingerprint density at radius 3 is 2.64 bits per heavy atom. The number of anilines is 1. The summed E-state index contributed by atoms with van der Waals surface area (Å²) in [5, 5.41) is 7.39. The third kappa shape index (κ3) is 2.84. The maximum atomic E-state index is 13.2. The molecular formula is C17H18FN3O3S. The number of nitrogens with one attached hydrogen (secondary N) is 1. The van der Waals surface area contributed by atoms with Gasteiger partial charge in [-0.3, -0.25) is 4.79 Å². The Kier molecular flexibility index (Phi) is 3.68. The number of nitrogens with zero attached hydrogens (tertiary/aromatic N) is 2. The van der Waals surface area contributed by atoms with Gasteiger partial charge >= 0.3 is 0 Å². The number of aryl methyl sites for hydroxylation is 1. The topological polar surface area (TPSA) is 81.1 Å². The summed E-state index contributed by atoms with van der Waals surface area (Å²) in [6.07, 6.45) is 0.751. The summed E-state index contributed by atoms with van der Waals surface area (Å²) in [7, 11) is -3.06. The van der Waals surface area contributed by atoms with Crippen molar-refractivity contribution < 1.29 is 17.6 Å². The fourth-order valence-electron chi connectivity index (χ4n) is 3.78. The molecule has 1 N–H and O–H groups in total. The lowest BCUT2D eigenvalue weighted by molar-refractivity contribution is -0.116. The quantitative estimate of drug-likeness (QED) is 0.887. The Morgan fingerprint density at radius 1 is 1.28 bits per heavy atom. The number of aromatic nitrogens is 2. The summed E-state index contributed by atoms with van der Waals surface area (Å²) in [5.41, 5.74) is 2.49. The Morgan fingerprint density at radius 2 is 2.00 bits per heavy atom. The van der Waals surface area contributed by atoms with E-state index in [0.717, 1.165) is 16.8 Å². The Bertz CT molecular complexity index is 950. The summed E-state index contributed by atoms with van der Waals surface area (Å²) in [6.45, 7) is 1.85. The van der Waals surface area contributed by atoms with Crippen LogP contribution in [-0.2, 0) is 14.6 Å². The van der Waals surface area contributed by atoms with E-state index >= 15 is 0 Å². The van der Waals surface area contributed by atoms with Crippen LogP contribution < -0.4 is 5.32 Å². The first-order valence-electron chi connectivity index (χ1n) is 8.19. The van der Waals surface area contributed by atoms with Gasteiger partial charge < -0.3 is 5.32 Å². The van der Waals surface area contributed by atoms with Crippen LogP contribution in [0.2, 0.25) is 0 Å². The van der Waals surface area contributed by atoms with E-state index < -0.39 is 9.84 Å². The maximum absolute atomic E-state index is 13.2. The molecule has 25 heavy (non-hydrogen) atoms. The molecule has 4 rings (SSSR count). The molecule has 1 fully saturated rings. The van der Waals surface area contributed by atoms with Crippen molar-refractivity contribution in [2.45, 2.75) is 31.7 Å². The number of carbonyl (C=O) groups is 1. The zero-order chi connectivity index (χ0) is 17.8. The first kappa shape index (κ1) is 16.3. The van der Waals surface area contributed by atoms with Gasteiger partial charge in [-0.05, 0) is 31.0 Å². The van der Waals surface area contributed by atoms with Crippen molar-refractivity contribution in [1.29, 1.82) is 0 Å². The average molecular weight is 363 g/mol. The number of halogens is 1. The summed E-state index contributed by atoms with van der Waals surface area (Å²) >= 11 is 0. The van der Waals surface area contributed by atoms with Gasteiger partial charge in [-0.1, -0.05) is 12.1 Å². The normalized spacial score (nSPS) is 24.8. The lowest BCUT2D eigenvalue weighted by Gasteiger charge is -2.25. The van der Waals surface area contributed by atoms with Crippen molar-refractivity contribution in [3.63, 3.8) is 0 Å². The van der Waals surface area contributed by atoms with Crippen LogP contribution in [-0.4, -0.2) is 35.6 Å². The molecule has 132 valence electrons. The van der Waals surface area contributed by atoms with Crippen molar-refractivity contribution in [1.82, 2.24) is 9.78 Å². The summed E-state index contributed by atoms with van der Waals surface area (Å²) in [6, 6.07) is 5.85. The van der Waals surface area contributed by atoms with E-state index in [0.29, 0.717) is 12.2 Å². The molecule has 2 aliphatic rings. The van der Waals surface area contributed by atoms with Crippen LogP contribution in [0.15, 0.2) is 24.3 Å². The molecule has 2 aromatic rings. The van der Waals surface area contributed by atoms with Gasteiger partial charge in [0.15, 0.2) is 9.84 Å². The number of hydrogen-bond donors (Lipinski definition) is 1. The Hall–Kier alpha value is -2.22. The summed E-state index contributed by atoms with van der Waals surface area (Å²) in [4.78, 5) is 12.2. The van der Waals surface area contributed by atoms with Crippen molar-refractivity contribution in [2.75, 3.05) is 16.8 Å². The largest absolute Gasteiger partial charge is 0.311 e. The lowest BCUT2D eigenvalue weighted by atomic mass is 9.86. The van der Waals surface area contributed by atoms with Crippen LogP contribution in [0.25, 0.3) is 0 Å². The molecule has 8 heteroatoms. The number of amides is 1. The highest BCUT2D eigenvalue weighted by Crippen LogP contribution is 2.41. The SMILES string of the molecule is Cc1nn(C2CCS(=O)(=O)C2)c2c1C(c1ccc(F)cc1)CC(=O)N2. The fourth-order valence-corrected chi connectivity index (χ4v) is 5.48. The second-order valence-electron chi connectivity index (χ2n) is 6.71. The van der Waals surface area contributed by atoms with Crippen molar-refractivity contribution in [3.05, 3.63) is 46.9 Å². The van der Waals surface area contributed by atoms with Crippen molar-refractivity contribution in [2.24, 2.45) is 0 Å². The Labute approximate surface area is 145 Å². The lowest BCUT2D eigenvalue weighted by Crippen LogP contribution is -2.26. The molecule has 1 aromatic heterocycles. The van der Waals surface area contributed by atoms with Crippen LogP contribution in [0.4, 0.5) is 10.2 Å². The van der Waals surface area contributed by atoms with Gasteiger partial charge in [-0.25, -0.2) is 17.5 Å². The molecule has 3 heterocycles. The number of sulfone groups is 1. The van der Waals surface area contributed by atoms with E-state index in [1.807, 2.05) is 6.92 Å². The predicted octanol–water partition coefficient (Wildman–Crippen LogP) is 2.16. The average Bonchev–Trinajstić information content (AvgIpc) is 3.07. The molecule has 0 radical (unpaired) electrons. The smallest absolute Gasteiger partial charge is 0.226 e. The number of hydrogen-bond acceptors (Lipinski definition) is 4. The molecule has 2 atom stereocenters. The molecule has 0 aliphatic carbocycles. The maximum Gasteiger partial charge on any atom is 0.226 e. The van der Waals surface area contributed by atoms with Gasteiger partial charge in [-0.15, -0.1) is 0 Å². The zero-order valence-corrected chi connectivity index (χ0v) is 14.5. The minimum atomic E-state index is -3.06. The monoisotopic (exact) mass is 363 g/mol. The van der Waals surface area contributed by atoms with Crippen molar-refractivity contribution in [3.8, 4) is 0 Å². The van der Waals surface area contributed by atoms with E-state index in [9.17, 15) is 17.6 Å². The number of fused-ring (bicyclic) bond motifs is 1. The third-order valence-corrected chi connectivity index (χ3v) is 6.70. The van der Waals surface area contributed by atoms with E-state index in [-0.39, 0.29) is 41.6 Å². The first-order valence-corrected chi connectivity index (χ1v) is 10.0. The molecule has 0 saturated carbocycles. The number of benzene rings is 1. The van der Waals surface area contributed by atoms with Gasteiger partial charge in [0.05, 0.1) is 23.2 Å². The highest BCUT2D eigenvalue weighted by atomic mass is 32.2. The molecule has 0 bridgehead atoms. The van der Waals surface area contributed by atoms with Crippen LogP contribution in [0.3, 0.4) is 0 Å². The molecule has 1 amide bonds. The van der Waals surface area contributed by atoms with Crippen LogP contribution in [0.5, 0.6) is 0 Å². The first-order chi connectivity index (χ1) is 11.8. The van der Waals surface area contributed by atoms with E-state index in [4.69, 9.17) is 0 Å². The van der Waals surface area contributed by atoms with Crippen molar-refractivity contribution >= 4 is 21.6 Å². The van der Waals surface area contributed by atoms with E-state index in [1.165, 1.54) is 12.1 Å². The molecule has 2 aliphatic heterocycles. The van der Waals surface area contributed by atoms with Gasteiger partial charge in [0.1, 0.15) is 11.6 Å². The minimum absolute atomic E-state index is 0.0393. The Balaban J connectivity index is 1.79. The van der Waals surface area contributed by atoms with E-state index in [2.05, 4.69) is 10.4 Å². The molecule has 6 nitrogen and oxygen atoms in total. The summed E-state index contributed by atoms with van der Waals surface area (Å²) in [5.74, 6) is 0.0659. The molecular weight excluding hydrogens is 345 g/mol. The van der Waals surface area contributed by atoms with Crippen LogP contribution in [0, 0.1) is 12.7 Å². The standard InChI is InChI=1S/C17H18FN3O3S/c1-10-16-14(11-2-4-12(18)5-3-11)8-15(22)19-17(16)21(20-10)13-6-7-25(23,24)9-13/h2-5,13-14H,6-9H2,1H3,(H,19,22). The van der Waals surface area contributed by atoms with Gasteiger partial charge in [0.25, 0.3) is 0 Å². The number of carbonyl (C=O) groups excluding carboxylic acids is 1. The van der Waals surface area contributed by atoms with Gasteiger partial charge in [-0.2, -0.15) is 5.10 Å². The highest BCUT2D eigenvalue weighted by Gasteiger charge is 2.37. The van der Waals surface area contributed by atoms with Crippen LogP contribution >= 0.6 is 0 Å². The highest BCUT2D eigenvalue weighted by molar-refractivity contribution is 7.91.